The van der Waals surface area contributed by atoms with Gasteiger partial charge in [-0.1, -0.05) is 6.42 Å². The van der Waals surface area contributed by atoms with Gasteiger partial charge in [-0.05, 0) is 26.2 Å². The highest BCUT2D eigenvalue weighted by Crippen LogP contribution is 2.35. The number of nitrogens with one attached hydrogen (secondary N) is 1. The van der Waals surface area contributed by atoms with Crippen LogP contribution in [0.4, 0.5) is 0 Å². The van der Waals surface area contributed by atoms with Crippen molar-refractivity contribution in [3.05, 3.63) is 11.8 Å². The summed E-state index contributed by atoms with van der Waals surface area (Å²) in [7, 11) is 1.65. The molecule has 0 amide bonds. The summed E-state index contributed by atoms with van der Waals surface area (Å²) in [5.74, 6) is 1.82. The molecule has 0 saturated heterocycles. The third-order valence-electron chi connectivity index (χ3n) is 3.73. The molecule has 1 atom stereocenters. The Balaban J connectivity index is 1.87. The minimum atomic E-state index is -0.283. The van der Waals surface area contributed by atoms with Gasteiger partial charge >= 0.3 is 0 Å². The summed E-state index contributed by atoms with van der Waals surface area (Å²) < 4.78 is 10.8. The first kappa shape index (κ1) is 14.4. The number of ether oxygens (including phenoxy) is 1. The highest BCUT2D eigenvalue weighted by molar-refractivity contribution is 4.96. The molecule has 6 heteroatoms. The summed E-state index contributed by atoms with van der Waals surface area (Å²) in [5, 5.41) is 20.6. The number of aliphatic hydroxyl groups excluding tert-OH is 1. The maximum absolute atomic E-state index is 9.10. The second-order valence-electron chi connectivity index (χ2n) is 5.48. The van der Waals surface area contributed by atoms with E-state index < -0.39 is 0 Å². The third kappa shape index (κ3) is 3.75. The first-order chi connectivity index (χ1) is 9.17. The van der Waals surface area contributed by atoms with E-state index in [4.69, 9.17) is 14.3 Å². The van der Waals surface area contributed by atoms with E-state index in [0.717, 1.165) is 18.7 Å². The Morgan fingerprint density at radius 1 is 1.47 bits per heavy atom. The van der Waals surface area contributed by atoms with Crippen molar-refractivity contribution in [3.63, 3.8) is 0 Å². The number of aromatic nitrogens is 2. The van der Waals surface area contributed by atoms with Gasteiger partial charge in [0.05, 0.1) is 13.2 Å². The topological polar surface area (TPSA) is 80.4 Å². The van der Waals surface area contributed by atoms with Gasteiger partial charge in [-0.2, -0.15) is 0 Å². The molecule has 0 aliphatic heterocycles. The van der Waals surface area contributed by atoms with E-state index >= 15 is 0 Å². The van der Waals surface area contributed by atoms with Crippen LogP contribution in [0.25, 0.3) is 0 Å². The van der Waals surface area contributed by atoms with Crippen LogP contribution in [0.3, 0.4) is 0 Å². The SMILES string of the molecule is COCC(C)(CCO)NCc1nnc(C2CCC2)o1. The van der Waals surface area contributed by atoms with Crippen LogP contribution >= 0.6 is 0 Å². The number of nitrogens with zero attached hydrogens (tertiary/aromatic N) is 2. The Morgan fingerprint density at radius 2 is 2.26 bits per heavy atom. The minimum absolute atomic E-state index is 0.115. The molecule has 1 aliphatic carbocycles. The summed E-state index contributed by atoms with van der Waals surface area (Å²) >= 11 is 0. The fourth-order valence-corrected chi connectivity index (χ4v) is 2.22. The fraction of sp³-hybridized carbons (Fsp3) is 0.846. The van der Waals surface area contributed by atoms with E-state index in [0.29, 0.717) is 31.4 Å². The Kier molecular flexibility index (Phi) is 4.90. The number of rotatable bonds is 8. The molecule has 2 rings (SSSR count). The standard InChI is InChI=1S/C13H23N3O3/c1-13(6-7-17,9-18-2)14-8-11-15-16-12(19-11)10-4-3-5-10/h10,14,17H,3-9H2,1-2H3. The quantitative estimate of drug-likeness (QED) is 0.738. The van der Waals surface area contributed by atoms with Gasteiger partial charge in [0.1, 0.15) is 0 Å². The van der Waals surface area contributed by atoms with Crippen LogP contribution in [0.5, 0.6) is 0 Å². The summed E-state index contributed by atoms with van der Waals surface area (Å²) in [4.78, 5) is 0. The molecule has 1 heterocycles. The smallest absolute Gasteiger partial charge is 0.230 e. The molecule has 0 bridgehead atoms. The molecule has 108 valence electrons. The monoisotopic (exact) mass is 269 g/mol. The first-order valence-corrected chi connectivity index (χ1v) is 6.84. The van der Waals surface area contributed by atoms with Crippen LogP contribution < -0.4 is 5.32 Å². The van der Waals surface area contributed by atoms with E-state index in [-0.39, 0.29) is 12.1 Å². The van der Waals surface area contributed by atoms with Gasteiger partial charge in [-0.15, -0.1) is 10.2 Å². The number of aliphatic hydroxyl groups is 1. The van der Waals surface area contributed by atoms with Crippen LogP contribution in [0, 0.1) is 0 Å². The second-order valence-corrected chi connectivity index (χ2v) is 5.48. The van der Waals surface area contributed by atoms with Gasteiger partial charge in [-0.3, -0.25) is 0 Å². The van der Waals surface area contributed by atoms with Crippen molar-refractivity contribution in [1.82, 2.24) is 15.5 Å². The predicted molar refractivity (Wildman–Crippen MR) is 69.7 cm³/mol. The van der Waals surface area contributed by atoms with E-state index in [2.05, 4.69) is 15.5 Å². The highest BCUT2D eigenvalue weighted by Gasteiger charge is 2.27. The van der Waals surface area contributed by atoms with E-state index in [1.54, 1.807) is 7.11 Å². The van der Waals surface area contributed by atoms with Crippen molar-refractivity contribution in [2.24, 2.45) is 0 Å². The molecule has 1 aromatic heterocycles. The molecule has 2 N–H and O–H groups in total. The normalized spacial score (nSPS) is 19.1. The first-order valence-electron chi connectivity index (χ1n) is 6.84. The maximum Gasteiger partial charge on any atom is 0.230 e. The third-order valence-corrected chi connectivity index (χ3v) is 3.73. The van der Waals surface area contributed by atoms with Crippen molar-refractivity contribution < 1.29 is 14.3 Å². The van der Waals surface area contributed by atoms with Crippen LogP contribution in [0.15, 0.2) is 4.42 Å². The maximum atomic E-state index is 9.10. The molecule has 1 aliphatic rings. The number of hydrogen-bond acceptors (Lipinski definition) is 6. The lowest BCUT2D eigenvalue weighted by molar-refractivity contribution is 0.0951. The van der Waals surface area contributed by atoms with Gasteiger partial charge in [0, 0.05) is 25.2 Å². The van der Waals surface area contributed by atoms with Crippen molar-refractivity contribution in [3.8, 4) is 0 Å². The van der Waals surface area contributed by atoms with Gasteiger partial charge in [0.2, 0.25) is 11.8 Å². The lowest BCUT2D eigenvalue weighted by atomic mass is 9.85. The molecule has 19 heavy (non-hydrogen) atoms. The average Bonchev–Trinajstić information content (AvgIpc) is 2.73. The molecular formula is C13H23N3O3. The summed E-state index contributed by atoms with van der Waals surface area (Å²) in [6.07, 6.45) is 4.18. The lowest BCUT2D eigenvalue weighted by Gasteiger charge is -2.28. The minimum Gasteiger partial charge on any atom is -0.424 e. The van der Waals surface area contributed by atoms with E-state index in [9.17, 15) is 0 Å². The van der Waals surface area contributed by atoms with Gasteiger partial charge in [-0.25, -0.2) is 0 Å². The van der Waals surface area contributed by atoms with Gasteiger partial charge in [0.25, 0.3) is 0 Å². The van der Waals surface area contributed by atoms with Crippen LogP contribution in [0.1, 0.15) is 50.3 Å². The summed E-state index contributed by atoms with van der Waals surface area (Å²) in [6.45, 7) is 3.15. The van der Waals surface area contributed by atoms with Crippen LogP contribution in [0.2, 0.25) is 0 Å². The average molecular weight is 269 g/mol. The summed E-state index contributed by atoms with van der Waals surface area (Å²) in [6, 6.07) is 0. The second kappa shape index (κ2) is 6.45. The number of methoxy groups -OCH3 is 1. The Bertz CT molecular complexity index is 384. The van der Waals surface area contributed by atoms with Crippen LogP contribution in [-0.4, -0.2) is 41.2 Å². The molecule has 1 saturated carbocycles. The molecular weight excluding hydrogens is 246 g/mol. The van der Waals surface area contributed by atoms with Crippen LogP contribution in [-0.2, 0) is 11.3 Å². The molecule has 1 aromatic rings. The molecule has 6 nitrogen and oxygen atoms in total. The van der Waals surface area contributed by atoms with Crippen molar-refractivity contribution in [2.45, 2.75) is 50.6 Å². The molecule has 1 fully saturated rings. The lowest BCUT2D eigenvalue weighted by Crippen LogP contribution is -2.46. The Morgan fingerprint density at radius 3 is 2.84 bits per heavy atom. The molecule has 0 spiro atoms. The van der Waals surface area contributed by atoms with E-state index in [1.165, 1.54) is 6.42 Å². The molecule has 1 unspecified atom stereocenters. The fourth-order valence-electron chi connectivity index (χ4n) is 2.22. The van der Waals surface area contributed by atoms with Gasteiger partial charge < -0.3 is 19.6 Å². The van der Waals surface area contributed by atoms with Crippen molar-refractivity contribution in [1.29, 1.82) is 0 Å². The number of hydrogen-bond donors (Lipinski definition) is 2. The Hall–Kier alpha value is -0.980. The largest absolute Gasteiger partial charge is 0.424 e. The molecule has 0 aromatic carbocycles. The molecule has 0 radical (unpaired) electrons. The zero-order valence-corrected chi connectivity index (χ0v) is 11.7. The summed E-state index contributed by atoms with van der Waals surface area (Å²) in [5.41, 5.74) is -0.283. The zero-order chi connectivity index (χ0) is 13.7. The zero-order valence-electron chi connectivity index (χ0n) is 11.7. The predicted octanol–water partition coefficient (Wildman–Crippen LogP) is 1.21. The Labute approximate surface area is 113 Å². The van der Waals surface area contributed by atoms with Crippen molar-refractivity contribution >= 4 is 0 Å². The van der Waals surface area contributed by atoms with E-state index in [1.807, 2.05) is 6.92 Å². The van der Waals surface area contributed by atoms with Crippen molar-refractivity contribution in [2.75, 3.05) is 20.3 Å². The highest BCUT2D eigenvalue weighted by atomic mass is 16.5. The van der Waals surface area contributed by atoms with Gasteiger partial charge in [0.15, 0.2) is 0 Å².